The highest BCUT2D eigenvalue weighted by Crippen LogP contribution is 2.30. The van der Waals surface area contributed by atoms with Gasteiger partial charge in [-0.1, -0.05) is 6.08 Å². The molecule has 20 heavy (non-hydrogen) atoms. The Morgan fingerprint density at radius 2 is 1.90 bits per heavy atom. The largest absolute Gasteiger partial charge is 0.312 e. The molecule has 0 spiro atoms. The molecule has 102 valence electrons. The molecular formula is C15H14N2O3. The summed E-state index contributed by atoms with van der Waals surface area (Å²) >= 11 is 0. The van der Waals surface area contributed by atoms with Gasteiger partial charge >= 0.3 is 0 Å². The number of imide groups is 1. The average Bonchev–Trinajstić information content (AvgIpc) is 2.93. The van der Waals surface area contributed by atoms with E-state index in [0.29, 0.717) is 29.8 Å². The molecule has 2 heterocycles. The summed E-state index contributed by atoms with van der Waals surface area (Å²) in [4.78, 5) is 38.5. The lowest BCUT2D eigenvalue weighted by molar-refractivity contribution is -0.117. The SMILES string of the molecule is C=CC1CC(=O)N(c2ccc3c(c2)C(=O)N(C)C3=O)C1. The van der Waals surface area contributed by atoms with Gasteiger partial charge in [0.25, 0.3) is 11.8 Å². The molecule has 0 saturated carbocycles. The fourth-order valence-corrected chi connectivity index (χ4v) is 2.66. The van der Waals surface area contributed by atoms with Crippen LogP contribution in [0.5, 0.6) is 0 Å². The lowest BCUT2D eigenvalue weighted by Crippen LogP contribution is -2.25. The predicted octanol–water partition coefficient (Wildman–Crippen LogP) is 1.45. The minimum atomic E-state index is -0.321. The lowest BCUT2D eigenvalue weighted by Gasteiger charge is -2.16. The van der Waals surface area contributed by atoms with Gasteiger partial charge in [0.05, 0.1) is 11.1 Å². The Kier molecular flexibility index (Phi) is 2.71. The maximum Gasteiger partial charge on any atom is 0.261 e. The zero-order valence-electron chi connectivity index (χ0n) is 11.1. The van der Waals surface area contributed by atoms with E-state index in [-0.39, 0.29) is 23.6 Å². The number of fused-ring (bicyclic) bond motifs is 1. The van der Waals surface area contributed by atoms with Crippen LogP contribution in [0, 0.1) is 5.92 Å². The van der Waals surface area contributed by atoms with Crippen molar-refractivity contribution in [2.45, 2.75) is 6.42 Å². The molecule has 1 aromatic carbocycles. The molecule has 0 aromatic heterocycles. The Morgan fingerprint density at radius 1 is 1.20 bits per heavy atom. The van der Waals surface area contributed by atoms with Crippen LogP contribution in [0.2, 0.25) is 0 Å². The van der Waals surface area contributed by atoms with Gasteiger partial charge < -0.3 is 4.90 Å². The quantitative estimate of drug-likeness (QED) is 0.603. The van der Waals surface area contributed by atoms with Crippen LogP contribution in [-0.2, 0) is 4.79 Å². The highest BCUT2D eigenvalue weighted by atomic mass is 16.2. The fraction of sp³-hybridized carbons (Fsp3) is 0.267. The minimum Gasteiger partial charge on any atom is -0.312 e. The molecular weight excluding hydrogens is 256 g/mol. The van der Waals surface area contributed by atoms with E-state index in [0.717, 1.165) is 4.90 Å². The van der Waals surface area contributed by atoms with Crippen LogP contribution in [-0.4, -0.2) is 36.2 Å². The van der Waals surface area contributed by atoms with Gasteiger partial charge in [0.2, 0.25) is 5.91 Å². The van der Waals surface area contributed by atoms with Crippen LogP contribution in [0.4, 0.5) is 5.69 Å². The van der Waals surface area contributed by atoms with Crippen molar-refractivity contribution < 1.29 is 14.4 Å². The van der Waals surface area contributed by atoms with Crippen LogP contribution >= 0.6 is 0 Å². The molecule has 1 atom stereocenters. The normalized spacial score (nSPS) is 21.6. The first-order valence-electron chi connectivity index (χ1n) is 6.42. The van der Waals surface area contributed by atoms with Gasteiger partial charge in [0.15, 0.2) is 0 Å². The van der Waals surface area contributed by atoms with Crippen molar-refractivity contribution in [3.05, 3.63) is 42.0 Å². The van der Waals surface area contributed by atoms with Crippen LogP contribution in [0.1, 0.15) is 27.1 Å². The van der Waals surface area contributed by atoms with Gasteiger partial charge in [0.1, 0.15) is 0 Å². The van der Waals surface area contributed by atoms with Crippen molar-refractivity contribution in [3.8, 4) is 0 Å². The van der Waals surface area contributed by atoms with Crippen LogP contribution in [0.15, 0.2) is 30.9 Å². The van der Waals surface area contributed by atoms with Gasteiger partial charge in [-0.15, -0.1) is 6.58 Å². The highest BCUT2D eigenvalue weighted by Gasteiger charge is 2.35. The molecule has 0 radical (unpaired) electrons. The standard InChI is InChI=1S/C15H14N2O3/c1-3-9-6-13(18)17(8-9)10-4-5-11-12(7-10)15(20)16(2)14(11)19/h3-5,7,9H,1,6,8H2,2H3. The number of hydrogen-bond donors (Lipinski definition) is 0. The fourth-order valence-electron chi connectivity index (χ4n) is 2.66. The molecule has 3 amide bonds. The topological polar surface area (TPSA) is 57.7 Å². The summed E-state index contributed by atoms with van der Waals surface area (Å²) in [6.45, 7) is 4.28. The van der Waals surface area contributed by atoms with Crippen molar-refractivity contribution in [2.75, 3.05) is 18.5 Å². The summed E-state index contributed by atoms with van der Waals surface area (Å²) in [6.07, 6.45) is 2.21. The molecule has 0 aliphatic carbocycles. The monoisotopic (exact) mass is 270 g/mol. The Labute approximate surface area is 116 Å². The van der Waals surface area contributed by atoms with Gasteiger partial charge in [-0.2, -0.15) is 0 Å². The molecule has 0 bridgehead atoms. The number of hydrogen-bond acceptors (Lipinski definition) is 3. The number of nitrogens with zero attached hydrogens (tertiary/aromatic N) is 2. The van der Waals surface area contributed by atoms with E-state index in [1.54, 1.807) is 29.2 Å². The maximum absolute atomic E-state index is 12.0. The molecule has 5 nitrogen and oxygen atoms in total. The summed E-state index contributed by atoms with van der Waals surface area (Å²) in [5.41, 5.74) is 1.42. The summed E-state index contributed by atoms with van der Waals surface area (Å²) in [6, 6.07) is 4.96. The van der Waals surface area contributed by atoms with Crippen molar-refractivity contribution in [3.63, 3.8) is 0 Å². The zero-order chi connectivity index (χ0) is 14.4. The Morgan fingerprint density at radius 3 is 2.55 bits per heavy atom. The van der Waals surface area contributed by atoms with Crippen molar-refractivity contribution in [1.82, 2.24) is 4.90 Å². The van der Waals surface area contributed by atoms with Gasteiger partial charge in [0, 0.05) is 31.6 Å². The number of anilines is 1. The van der Waals surface area contributed by atoms with Crippen LogP contribution < -0.4 is 4.90 Å². The van der Waals surface area contributed by atoms with E-state index in [4.69, 9.17) is 0 Å². The Bertz CT molecular complexity index is 651. The van der Waals surface area contributed by atoms with Gasteiger partial charge in [-0.05, 0) is 18.2 Å². The van der Waals surface area contributed by atoms with Crippen molar-refractivity contribution in [1.29, 1.82) is 0 Å². The minimum absolute atomic E-state index is 0.0139. The van der Waals surface area contributed by atoms with Crippen molar-refractivity contribution >= 4 is 23.4 Å². The van der Waals surface area contributed by atoms with E-state index in [1.165, 1.54) is 7.05 Å². The van der Waals surface area contributed by atoms with E-state index in [2.05, 4.69) is 6.58 Å². The smallest absolute Gasteiger partial charge is 0.261 e. The van der Waals surface area contributed by atoms with Gasteiger partial charge in [-0.3, -0.25) is 19.3 Å². The second-order valence-corrected chi connectivity index (χ2v) is 5.10. The first kappa shape index (κ1) is 12.6. The molecule has 1 aromatic rings. The lowest BCUT2D eigenvalue weighted by atomic mass is 10.1. The number of rotatable bonds is 2. The summed E-state index contributed by atoms with van der Waals surface area (Å²) in [5.74, 6) is -0.470. The average molecular weight is 270 g/mol. The van der Waals surface area contributed by atoms with Crippen LogP contribution in [0.3, 0.4) is 0 Å². The van der Waals surface area contributed by atoms with E-state index >= 15 is 0 Å². The number of amides is 3. The third-order valence-electron chi connectivity index (χ3n) is 3.87. The van der Waals surface area contributed by atoms with Crippen LogP contribution in [0.25, 0.3) is 0 Å². The molecule has 1 fully saturated rings. The third-order valence-corrected chi connectivity index (χ3v) is 3.87. The number of benzene rings is 1. The van der Waals surface area contributed by atoms with E-state index in [1.807, 2.05) is 0 Å². The number of carbonyl (C=O) groups excluding carboxylic acids is 3. The van der Waals surface area contributed by atoms with Crippen molar-refractivity contribution in [2.24, 2.45) is 5.92 Å². The van der Waals surface area contributed by atoms with E-state index in [9.17, 15) is 14.4 Å². The third kappa shape index (κ3) is 1.66. The van der Waals surface area contributed by atoms with Gasteiger partial charge in [-0.25, -0.2) is 0 Å². The summed E-state index contributed by atoms with van der Waals surface area (Å²) < 4.78 is 0. The Hall–Kier alpha value is -2.43. The second kappa shape index (κ2) is 4.30. The second-order valence-electron chi connectivity index (χ2n) is 5.10. The molecule has 5 heteroatoms. The molecule has 2 aliphatic rings. The Balaban J connectivity index is 1.99. The molecule has 2 aliphatic heterocycles. The summed E-state index contributed by atoms with van der Waals surface area (Å²) in [5, 5.41) is 0. The molecule has 1 saturated heterocycles. The highest BCUT2D eigenvalue weighted by molar-refractivity contribution is 6.21. The predicted molar refractivity (Wildman–Crippen MR) is 73.5 cm³/mol. The molecule has 0 N–H and O–H groups in total. The first-order chi connectivity index (χ1) is 9.52. The zero-order valence-corrected chi connectivity index (χ0v) is 11.1. The summed E-state index contributed by atoms with van der Waals surface area (Å²) in [7, 11) is 1.46. The first-order valence-corrected chi connectivity index (χ1v) is 6.42. The molecule has 1 unspecified atom stereocenters. The molecule has 3 rings (SSSR count). The number of carbonyl (C=O) groups is 3. The maximum atomic E-state index is 12.0. The van der Waals surface area contributed by atoms with E-state index < -0.39 is 0 Å².